The summed E-state index contributed by atoms with van der Waals surface area (Å²) in [7, 11) is -1.65. The zero-order valence-corrected chi connectivity index (χ0v) is 12.7. The molecule has 2 atom stereocenters. The first-order valence-corrected chi connectivity index (χ1v) is 8.88. The Balaban J connectivity index is 2.37. The number of methoxy groups -OCH3 is 1. The van der Waals surface area contributed by atoms with E-state index in [1.54, 1.807) is 0 Å². The Hall–Kier alpha value is 0.350. The van der Waals surface area contributed by atoms with E-state index < -0.39 is 10.0 Å². The second kappa shape index (κ2) is 7.71. The predicted octanol–water partition coefficient (Wildman–Crippen LogP) is 1.75. The van der Waals surface area contributed by atoms with E-state index in [0.29, 0.717) is 18.4 Å². The maximum atomic E-state index is 11.6. The molecule has 0 bridgehead atoms. The Labute approximate surface area is 113 Å². The van der Waals surface area contributed by atoms with Crippen LogP contribution in [0.1, 0.15) is 25.7 Å². The molecular weight excluding hydrogens is 306 g/mol. The van der Waals surface area contributed by atoms with Crippen molar-refractivity contribution in [2.45, 2.75) is 25.7 Å². The summed E-state index contributed by atoms with van der Waals surface area (Å²) in [6, 6.07) is 0. The van der Waals surface area contributed by atoms with Gasteiger partial charge in [-0.15, -0.1) is 0 Å². The van der Waals surface area contributed by atoms with Crippen molar-refractivity contribution in [3.8, 4) is 0 Å². The summed E-state index contributed by atoms with van der Waals surface area (Å²) in [5, 5.41) is 0.970. The molecule has 0 saturated heterocycles. The number of halogens is 1. The molecule has 0 amide bonds. The van der Waals surface area contributed by atoms with Crippen LogP contribution >= 0.6 is 15.9 Å². The monoisotopic (exact) mass is 327 g/mol. The molecule has 4 nitrogen and oxygen atoms in total. The Kier molecular flexibility index (Phi) is 6.99. The lowest BCUT2D eigenvalue weighted by molar-refractivity contribution is 0.216. The van der Waals surface area contributed by atoms with Crippen LogP contribution in [0.4, 0.5) is 0 Å². The van der Waals surface area contributed by atoms with Gasteiger partial charge < -0.3 is 4.74 Å². The molecule has 0 radical (unpaired) electrons. The van der Waals surface area contributed by atoms with E-state index in [2.05, 4.69) is 20.7 Å². The third kappa shape index (κ3) is 5.68. The van der Waals surface area contributed by atoms with Crippen molar-refractivity contribution in [3.63, 3.8) is 0 Å². The molecule has 0 aliphatic heterocycles. The van der Waals surface area contributed by atoms with Gasteiger partial charge >= 0.3 is 0 Å². The molecule has 1 aliphatic carbocycles. The third-order valence-corrected chi connectivity index (χ3v) is 5.53. The maximum Gasteiger partial charge on any atom is 0.213 e. The van der Waals surface area contributed by atoms with E-state index in [-0.39, 0.29) is 12.4 Å². The number of nitrogens with one attached hydrogen (secondary N) is 1. The highest BCUT2D eigenvalue weighted by atomic mass is 79.9. The maximum absolute atomic E-state index is 11.6. The van der Waals surface area contributed by atoms with Gasteiger partial charge in [-0.2, -0.15) is 0 Å². The van der Waals surface area contributed by atoms with Crippen LogP contribution in [-0.4, -0.2) is 39.8 Å². The molecule has 1 fully saturated rings. The van der Waals surface area contributed by atoms with Gasteiger partial charge in [-0.05, 0) is 24.7 Å². The Bertz CT molecular complexity index is 308. The van der Waals surface area contributed by atoms with Gasteiger partial charge in [0.2, 0.25) is 10.0 Å². The summed E-state index contributed by atoms with van der Waals surface area (Å²) in [5.41, 5.74) is 0. The molecule has 0 spiro atoms. The molecule has 102 valence electrons. The first-order valence-electron chi connectivity index (χ1n) is 6.11. The topological polar surface area (TPSA) is 55.4 Å². The summed E-state index contributed by atoms with van der Waals surface area (Å²) >= 11 is 3.52. The average Bonchev–Trinajstić information content (AvgIpc) is 2.34. The SMILES string of the molecule is COCCS(=O)(=O)NCC1CCCCC1CBr. The van der Waals surface area contributed by atoms with Crippen LogP contribution < -0.4 is 4.72 Å². The fourth-order valence-corrected chi connectivity index (χ4v) is 4.11. The lowest BCUT2D eigenvalue weighted by Crippen LogP contribution is -2.36. The van der Waals surface area contributed by atoms with Crippen molar-refractivity contribution >= 4 is 26.0 Å². The summed E-state index contributed by atoms with van der Waals surface area (Å²) in [6.07, 6.45) is 4.82. The first-order chi connectivity index (χ1) is 8.09. The fourth-order valence-electron chi connectivity index (χ4n) is 2.26. The first kappa shape index (κ1) is 15.4. The molecule has 0 aromatic carbocycles. The fraction of sp³-hybridized carbons (Fsp3) is 1.00. The van der Waals surface area contributed by atoms with Gasteiger partial charge in [0.1, 0.15) is 0 Å². The largest absolute Gasteiger partial charge is 0.384 e. The van der Waals surface area contributed by atoms with Gasteiger partial charge in [-0.1, -0.05) is 28.8 Å². The van der Waals surface area contributed by atoms with Gasteiger partial charge in [0.15, 0.2) is 0 Å². The second-order valence-electron chi connectivity index (χ2n) is 4.62. The number of rotatable bonds is 7. The lowest BCUT2D eigenvalue weighted by Gasteiger charge is -2.30. The summed E-state index contributed by atoms with van der Waals surface area (Å²) < 4.78 is 30.7. The number of ether oxygens (including phenoxy) is 1. The Morgan fingerprint density at radius 1 is 1.29 bits per heavy atom. The molecular formula is C11H22BrNO3S. The van der Waals surface area contributed by atoms with E-state index in [1.807, 2.05) is 0 Å². The average molecular weight is 328 g/mol. The minimum atomic E-state index is -3.17. The number of sulfonamides is 1. The normalized spacial score (nSPS) is 26.0. The Morgan fingerprint density at radius 2 is 1.94 bits per heavy atom. The van der Waals surface area contributed by atoms with Crippen molar-refractivity contribution in [1.29, 1.82) is 0 Å². The van der Waals surface area contributed by atoms with Gasteiger partial charge in [-0.3, -0.25) is 0 Å². The van der Waals surface area contributed by atoms with Gasteiger partial charge in [0, 0.05) is 19.0 Å². The van der Waals surface area contributed by atoms with Crippen molar-refractivity contribution in [2.75, 3.05) is 31.3 Å². The van der Waals surface area contributed by atoms with Crippen LogP contribution in [0.15, 0.2) is 0 Å². The van der Waals surface area contributed by atoms with Gasteiger partial charge in [0.25, 0.3) is 0 Å². The smallest absolute Gasteiger partial charge is 0.213 e. The van der Waals surface area contributed by atoms with Crippen LogP contribution in [-0.2, 0) is 14.8 Å². The molecule has 0 aromatic rings. The summed E-state index contributed by atoms with van der Waals surface area (Å²) in [6.45, 7) is 0.824. The molecule has 6 heteroatoms. The molecule has 1 N–H and O–H groups in total. The highest BCUT2D eigenvalue weighted by molar-refractivity contribution is 9.09. The standard InChI is InChI=1S/C11H22BrNO3S/c1-16-6-7-17(14,15)13-9-11-5-3-2-4-10(11)8-12/h10-11,13H,2-9H2,1H3. The van der Waals surface area contributed by atoms with Crippen LogP contribution in [0.5, 0.6) is 0 Å². The molecule has 1 saturated carbocycles. The summed E-state index contributed by atoms with van der Waals surface area (Å²) in [5.74, 6) is 1.13. The third-order valence-electron chi connectivity index (χ3n) is 3.39. The zero-order valence-electron chi connectivity index (χ0n) is 10.3. The van der Waals surface area contributed by atoms with Crippen LogP contribution in [0.25, 0.3) is 0 Å². The van der Waals surface area contributed by atoms with E-state index >= 15 is 0 Å². The van der Waals surface area contributed by atoms with Crippen LogP contribution in [0.3, 0.4) is 0 Å². The highest BCUT2D eigenvalue weighted by Gasteiger charge is 2.25. The van der Waals surface area contributed by atoms with E-state index in [1.165, 1.54) is 26.4 Å². The molecule has 2 unspecified atom stereocenters. The minimum absolute atomic E-state index is 0.0508. The van der Waals surface area contributed by atoms with Crippen LogP contribution in [0, 0.1) is 11.8 Å². The van der Waals surface area contributed by atoms with E-state index in [4.69, 9.17) is 4.74 Å². The lowest BCUT2D eigenvalue weighted by atomic mass is 9.80. The van der Waals surface area contributed by atoms with Gasteiger partial charge in [0.05, 0.1) is 12.4 Å². The zero-order chi connectivity index (χ0) is 12.7. The van der Waals surface area contributed by atoms with Crippen molar-refractivity contribution in [1.82, 2.24) is 4.72 Å². The highest BCUT2D eigenvalue weighted by Crippen LogP contribution is 2.30. The van der Waals surface area contributed by atoms with Crippen LogP contribution in [0.2, 0.25) is 0 Å². The van der Waals surface area contributed by atoms with E-state index in [9.17, 15) is 8.42 Å². The quantitative estimate of drug-likeness (QED) is 0.725. The number of hydrogen-bond donors (Lipinski definition) is 1. The predicted molar refractivity (Wildman–Crippen MR) is 72.9 cm³/mol. The van der Waals surface area contributed by atoms with Crippen molar-refractivity contribution in [2.24, 2.45) is 11.8 Å². The molecule has 0 aromatic heterocycles. The van der Waals surface area contributed by atoms with Crippen molar-refractivity contribution in [3.05, 3.63) is 0 Å². The molecule has 1 aliphatic rings. The minimum Gasteiger partial charge on any atom is -0.384 e. The summed E-state index contributed by atoms with van der Waals surface area (Å²) in [4.78, 5) is 0. The Morgan fingerprint density at radius 3 is 2.53 bits per heavy atom. The molecule has 0 heterocycles. The van der Waals surface area contributed by atoms with Gasteiger partial charge in [-0.25, -0.2) is 13.1 Å². The molecule has 17 heavy (non-hydrogen) atoms. The van der Waals surface area contributed by atoms with E-state index in [0.717, 1.165) is 11.8 Å². The van der Waals surface area contributed by atoms with Crippen molar-refractivity contribution < 1.29 is 13.2 Å². The molecule has 1 rings (SSSR count). The second-order valence-corrected chi connectivity index (χ2v) is 7.19. The number of hydrogen-bond acceptors (Lipinski definition) is 3. The number of alkyl halides is 1.